The number of rotatable bonds is 1. The van der Waals surface area contributed by atoms with E-state index in [1.54, 1.807) is 4.90 Å². The molecule has 2 rings (SSSR count). The zero-order valence-electron chi connectivity index (χ0n) is 10.2. The molecule has 1 saturated heterocycles. The average molecular weight is 210 g/mol. The predicted molar refractivity (Wildman–Crippen MR) is 60.6 cm³/mol. The summed E-state index contributed by atoms with van der Waals surface area (Å²) in [4.78, 5) is 15.6. The summed E-state index contributed by atoms with van der Waals surface area (Å²) < 4.78 is 0. The summed E-state index contributed by atoms with van der Waals surface area (Å²) >= 11 is 0. The van der Waals surface area contributed by atoms with E-state index in [0.29, 0.717) is 6.04 Å². The van der Waals surface area contributed by atoms with Crippen LogP contribution in [0.3, 0.4) is 0 Å². The molecule has 3 atom stereocenters. The van der Waals surface area contributed by atoms with Gasteiger partial charge in [-0.15, -0.1) is 0 Å². The van der Waals surface area contributed by atoms with Gasteiger partial charge in [-0.25, -0.2) is 4.79 Å². The predicted octanol–water partition coefficient (Wildman–Crippen LogP) is 2.03. The fraction of sp³-hybridized carbons (Fsp3) is 0.917. The molecule has 3 unspecified atom stereocenters. The summed E-state index contributed by atoms with van der Waals surface area (Å²) in [5.74, 6) is 2.42. The normalized spacial score (nSPS) is 33.9. The van der Waals surface area contributed by atoms with Crippen LogP contribution in [0.25, 0.3) is 0 Å². The van der Waals surface area contributed by atoms with Gasteiger partial charge in [-0.1, -0.05) is 13.8 Å². The van der Waals surface area contributed by atoms with Crippen LogP contribution in [0.2, 0.25) is 0 Å². The van der Waals surface area contributed by atoms with Crippen molar-refractivity contribution in [3.05, 3.63) is 0 Å². The molecule has 1 saturated carbocycles. The van der Waals surface area contributed by atoms with Crippen molar-refractivity contribution in [2.75, 3.05) is 20.6 Å². The van der Waals surface area contributed by atoms with E-state index >= 15 is 0 Å². The van der Waals surface area contributed by atoms with E-state index < -0.39 is 0 Å². The zero-order chi connectivity index (χ0) is 11.2. The Labute approximate surface area is 92.4 Å². The van der Waals surface area contributed by atoms with Crippen LogP contribution in [0.5, 0.6) is 0 Å². The Kier molecular flexibility index (Phi) is 2.65. The Morgan fingerprint density at radius 1 is 1.40 bits per heavy atom. The summed E-state index contributed by atoms with van der Waals surface area (Å²) in [6, 6.07) is 0.755. The topological polar surface area (TPSA) is 23.6 Å². The first-order valence-corrected chi connectivity index (χ1v) is 6.00. The monoisotopic (exact) mass is 210 g/mol. The Morgan fingerprint density at radius 3 is 2.60 bits per heavy atom. The Balaban J connectivity index is 1.98. The molecule has 15 heavy (non-hydrogen) atoms. The summed E-state index contributed by atoms with van der Waals surface area (Å²) in [6.07, 6.45) is 2.43. The minimum atomic E-state index is 0.199. The van der Waals surface area contributed by atoms with Gasteiger partial charge in [0.25, 0.3) is 0 Å². The molecule has 0 radical (unpaired) electrons. The highest BCUT2D eigenvalue weighted by Crippen LogP contribution is 2.49. The van der Waals surface area contributed by atoms with E-state index in [-0.39, 0.29) is 6.03 Å². The minimum absolute atomic E-state index is 0.199. The van der Waals surface area contributed by atoms with Crippen LogP contribution in [0.4, 0.5) is 4.79 Å². The number of likely N-dealkylation sites (tertiary alicyclic amines) is 1. The number of fused-ring (bicyclic) bond motifs is 1. The lowest BCUT2D eigenvalue weighted by Gasteiger charge is -2.34. The van der Waals surface area contributed by atoms with Crippen molar-refractivity contribution >= 4 is 6.03 Å². The van der Waals surface area contributed by atoms with Crippen LogP contribution < -0.4 is 0 Å². The van der Waals surface area contributed by atoms with Gasteiger partial charge in [0.2, 0.25) is 0 Å². The first kappa shape index (κ1) is 10.8. The largest absolute Gasteiger partial charge is 0.331 e. The number of nitrogens with zero attached hydrogens (tertiary/aromatic N) is 2. The molecule has 2 amide bonds. The molecule has 0 spiro atoms. The zero-order valence-corrected chi connectivity index (χ0v) is 10.2. The van der Waals surface area contributed by atoms with Crippen LogP contribution in [0, 0.1) is 17.8 Å². The number of amides is 2. The second-order valence-electron chi connectivity index (χ2n) is 5.53. The second kappa shape index (κ2) is 3.69. The van der Waals surface area contributed by atoms with Gasteiger partial charge >= 0.3 is 6.03 Å². The molecule has 86 valence electrons. The number of urea groups is 1. The van der Waals surface area contributed by atoms with Gasteiger partial charge in [-0.2, -0.15) is 0 Å². The molecular weight excluding hydrogens is 188 g/mol. The number of carbonyl (C=O) groups excluding carboxylic acids is 1. The number of piperidine rings is 1. The Morgan fingerprint density at radius 2 is 2.07 bits per heavy atom. The Hall–Kier alpha value is -0.730. The van der Waals surface area contributed by atoms with Gasteiger partial charge in [-0.3, -0.25) is 0 Å². The van der Waals surface area contributed by atoms with Crippen molar-refractivity contribution in [3.63, 3.8) is 0 Å². The van der Waals surface area contributed by atoms with E-state index in [9.17, 15) is 4.79 Å². The van der Waals surface area contributed by atoms with E-state index in [4.69, 9.17) is 0 Å². The van der Waals surface area contributed by atoms with Crippen LogP contribution >= 0.6 is 0 Å². The molecule has 0 aromatic heterocycles. The molecule has 2 fully saturated rings. The maximum Gasteiger partial charge on any atom is 0.319 e. The van der Waals surface area contributed by atoms with Crippen LogP contribution in [-0.2, 0) is 0 Å². The molecule has 0 N–H and O–H groups in total. The Bertz CT molecular complexity index is 262. The molecule has 1 heterocycles. The SMILES string of the molecule is CC(C)C1CCN(C(=O)N(C)C)C2CC12. The maximum atomic E-state index is 11.9. The first-order chi connectivity index (χ1) is 7.02. The quantitative estimate of drug-likeness (QED) is 0.649. The molecule has 3 heteroatoms. The van der Waals surface area contributed by atoms with E-state index in [2.05, 4.69) is 18.7 Å². The van der Waals surface area contributed by atoms with Crippen molar-refractivity contribution in [1.82, 2.24) is 9.80 Å². The van der Waals surface area contributed by atoms with E-state index in [0.717, 1.165) is 24.3 Å². The summed E-state index contributed by atoms with van der Waals surface area (Å²) in [5.41, 5.74) is 0. The third-order valence-electron chi connectivity index (χ3n) is 3.94. The fourth-order valence-corrected chi connectivity index (χ4v) is 3.01. The molecule has 1 aliphatic heterocycles. The van der Waals surface area contributed by atoms with Crippen molar-refractivity contribution in [3.8, 4) is 0 Å². The van der Waals surface area contributed by atoms with Gasteiger partial charge in [-0.05, 0) is 30.6 Å². The van der Waals surface area contributed by atoms with Crippen LogP contribution in [-0.4, -0.2) is 42.5 Å². The van der Waals surface area contributed by atoms with Crippen LogP contribution in [0.1, 0.15) is 26.7 Å². The first-order valence-electron chi connectivity index (χ1n) is 6.00. The maximum absolute atomic E-state index is 11.9. The molecule has 3 nitrogen and oxygen atoms in total. The highest BCUT2D eigenvalue weighted by molar-refractivity contribution is 5.74. The fourth-order valence-electron chi connectivity index (χ4n) is 3.01. The molecule has 2 aliphatic rings. The molecule has 0 aromatic rings. The third kappa shape index (κ3) is 1.84. The molecule has 0 aromatic carbocycles. The van der Waals surface area contributed by atoms with Gasteiger partial charge in [0.05, 0.1) is 0 Å². The third-order valence-corrected chi connectivity index (χ3v) is 3.94. The lowest BCUT2D eigenvalue weighted by Crippen LogP contribution is -2.45. The highest BCUT2D eigenvalue weighted by atomic mass is 16.2. The number of hydrogen-bond acceptors (Lipinski definition) is 1. The van der Waals surface area contributed by atoms with Crippen molar-refractivity contribution in [1.29, 1.82) is 0 Å². The number of hydrogen-bond donors (Lipinski definition) is 0. The van der Waals surface area contributed by atoms with Crippen molar-refractivity contribution < 1.29 is 4.79 Å². The summed E-state index contributed by atoms with van der Waals surface area (Å²) in [6.45, 7) is 5.58. The molecule has 0 bridgehead atoms. The van der Waals surface area contributed by atoms with Crippen molar-refractivity contribution in [2.45, 2.75) is 32.7 Å². The van der Waals surface area contributed by atoms with Crippen LogP contribution in [0.15, 0.2) is 0 Å². The average Bonchev–Trinajstić information content (AvgIpc) is 2.93. The number of carbonyl (C=O) groups is 1. The molecule has 1 aliphatic carbocycles. The van der Waals surface area contributed by atoms with E-state index in [1.165, 1.54) is 12.8 Å². The van der Waals surface area contributed by atoms with Crippen molar-refractivity contribution in [2.24, 2.45) is 17.8 Å². The van der Waals surface area contributed by atoms with E-state index in [1.807, 2.05) is 14.1 Å². The lowest BCUT2D eigenvalue weighted by molar-refractivity contribution is 0.132. The summed E-state index contributed by atoms with van der Waals surface area (Å²) in [5, 5.41) is 0. The second-order valence-corrected chi connectivity index (χ2v) is 5.53. The van der Waals surface area contributed by atoms with Gasteiger partial charge in [0, 0.05) is 26.7 Å². The van der Waals surface area contributed by atoms with Gasteiger partial charge in [0.1, 0.15) is 0 Å². The smallest absolute Gasteiger partial charge is 0.319 e. The minimum Gasteiger partial charge on any atom is -0.331 e. The lowest BCUT2D eigenvalue weighted by atomic mass is 9.85. The van der Waals surface area contributed by atoms with Gasteiger partial charge < -0.3 is 9.80 Å². The summed E-state index contributed by atoms with van der Waals surface area (Å²) in [7, 11) is 3.68. The standard InChI is InChI=1S/C12H22N2O/c1-8(2)9-5-6-14(11-7-10(9)11)12(15)13(3)4/h8-11H,5-7H2,1-4H3. The highest BCUT2D eigenvalue weighted by Gasteiger charge is 2.52. The molecular formula is C12H22N2O. The van der Waals surface area contributed by atoms with Gasteiger partial charge in [0.15, 0.2) is 0 Å².